The quantitative estimate of drug-likeness (QED) is 0.857. The number of aryl methyl sites for hydroxylation is 3. The molecule has 0 spiro atoms. The Morgan fingerprint density at radius 2 is 1.90 bits per heavy atom. The number of likely N-dealkylation sites (N-methyl/N-ethyl adjacent to an activating group) is 1. The van der Waals surface area contributed by atoms with Crippen LogP contribution in [0.2, 0.25) is 0 Å². The maximum absolute atomic E-state index is 5.98. The van der Waals surface area contributed by atoms with E-state index in [0.717, 1.165) is 12.2 Å². The Bertz CT molecular complexity index is 592. The van der Waals surface area contributed by atoms with Crippen LogP contribution in [0.25, 0.3) is 0 Å². The van der Waals surface area contributed by atoms with E-state index < -0.39 is 0 Å². The Balaban J connectivity index is 2.08. The second kappa shape index (κ2) is 7.28. The van der Waals surface area contributed by atoms with Crippen LogP contribution in [0.15, 0.2) is 42.5 Å². The molecule has 2 aromatic rings. The SMILES string of the molecule is CCc1cccc(OCC(NC)c2ccc(C)cc2C)c1. The third kappa shape index (κ3) is 4.08. The van der Waals surface area contributed by atoms with Crippen molar-refractivity contribution in [2.24, 2.45) is 0 Å². The fourth-order valence-corrected chi connectivity index (χ4v) is 2.58. The van der Waals surface area contributed by atoms with E-state index in [1.165, 1.54) is 22.3 Å². The van der Waals surface area contributed by atoms with Crippen molar-refractivity contribution < 1.29 is 4.74 Å². The first-order valence-electron chi connectivity index (χ1n) is 7.60. The predicted octanol–water partition coefficient (Wildman–Crippen LogP) is 4.21. The molecule has 112 valence electrons. The van der Waals surface area contributed by atoms with Crippen molar-refractivity contribution in [1.82, 2.24) is 5.32 Å². The van der Waals surface area contributed by atoms with Crippen LogP contribution in [0.1, 0.15) is 35.2 Å². The molecule has 0 aliphatic heterocycles. The van der Waals surface area contributed by atoms with Crippen LogP contribution in [0.4, 0.5) is 0 Å². The van der Waals surface area contributed by atoms with Crippen LogP contribution >= 0.6 is 0 Å². The molecule has 0 fully saturated rings. The minimum atomic E-state index is 0.205. The molecule has 0 aromatic heterocycles. The summed E-state index contributed by atoms with van der Waals surface area (Å²) in [5.41, 5.74) is 5.21. The first kappa shape index (κ1) is 15.6. The maximum Gasteiger partial charge on any atom is 0.119 e. The Kier molecular flexibility index (Phi) is 5.40. The lowest BCUT2D eigenvalue weighted by atomic mass is 10.00. The van der Waals surface area contributed by atoms with Gasteiger partial charge in [0.1, 0.15) is 12.4 Å². The smallest absolute Gasteiger partial charge is 0.119 e. The summed E-state index contributed by atoms with van der Waals surface area (Å²) in [6, 6.07) is 15.1. The van der Waals surface area contributed by atoms with Crippen molar-refractivity contribution >= 4 is 0 Å². The zero-order valence-electron chi connectivity index (χ0n) is 13.4. The molecule has 0 heterocycles. The predicted molar refractivity (Wildman–Crippen MR) is 89.0 cm³/mol. The van der Waals surface area contributed by atoms with Gasteiger partial charge in [0.15, 0.2) is 0 Å². The minimum absolute atomic E-state index is 0.205. The lowest BCUT2D eigenvalue weighted by Gasteiger charge is -2.20. The number of benzene rings is 2. The number of hydrogen-bond acceptors (Lipinski definition) is 2. The van der Waals surface area contributed by atoms with E-state index >= 15 is 0 Å². The highest BCUT2D eigenvalue weighted by atomic mass is 16.5. The summed E-state index contributed by atoms with van der Waals surface area (Å²) in [6.45, 7) is 7.07. The average Bonchev–Trinajstić information content (AvgIpc) is 2.49. The zero-order chi connectivity index (χ0) is 15.2. The summed E-state index contributed by atoms with van der Waals surface area (Å²) in [5.74, 6) is 0.944. The van der Waals surface area contributed by atoms with E-state index in [1.54, 1.807) is 0 Å². The molecule has 0 aliphatic carbocycles. The summed E-state index contributed by atoms with van der Waals surface area (Å²) >= 11 is 0. The van der Waals surface area contributed by atoms with E-state index in [2.05, 4.69) is 62.5 Å². The molecular weight excluding hydrogens is 258 g/mol. The lowest BCUT2D eigenvalue weighted by Crippen LogP contribution is -2.24. The van der Waals surface area contributed by atoms with Gasteiger partial charge in [-0.3, -0.25) is 0 Å². The second-order valence-corrected chi connectivity index (χ2v) is 5.51. The van der Waals surface area contributed by atoms with Crippen LogP contribution in [0.3, 0.4) is 0 Å². The molecule has 1 unspecified atom stereocenters. The van der Waals surface area contributed by atoms with Crippen LogP contribution in [0.5, 0.6) is 5.75 Å². The highest BCUT2D eigenvalue weighted by Gasteiger charge is 2.12. The maximum atomic E-state index is 5.98. The summed E-state index contributed by atoms with van der Waals surface area (Å²) in [6.07, 6.45) is 1.03. The molecule has 2 aromatic carbocycles. The van der Waals surface area contributed by atoms with Crippen molar-refractivity contribution in [1.29, 1.82) is 0 Å². The van der Waals surface area contributed by atoms with Gasteiger partial charge in [0, 0.05) is 0 Å². The van der Waals surface area contributed by atoms with Gasteiger partial charge in [0.2, 0.25) is 0 Å². The standard InChI is InChI=1S/C19H25NO/c1-5-16-7-6-8-17(12-16)21-13-19(20-4)18-10-9-14(2)11-15(18)3/h6-12,19-20H,5,13H2,1-4H3. The van der Waals surface area contributed by atoms with Gasteiger partial charge in [-0.2, -0.15) is 0 Å². The van der Waals surface area contributed by atoms with Crippen molar-refractivity contribution in [3.05, 3.63) is 64.7 Å². The molecule has 21 heavy (non-hydrogen) atoms. The molecular formula is C19H25NO. The molecule has 2 heteroatoms. The van der Waals surface area contributed by atoms with Gasteiger partial charge in [-0.25, -0.2) is 0 Å². The van der Waals surface area contributed by atoms with E-state index in [0.29, 0.717) is 6.61 Å². The van der Waals surface area contributed by atoms with E-state index in [-0.39, 0.29) is 6.04 Å². The Morgan fingerprint density at radius 1 is 1.10 bits per heavy atom. The molecule has 1 N–H and O–H groups in total. The van der Waals surface area contributed by atoms with Gasteiger partial charge in [-0.1, -0.05) is 42.8 Å². The molecule has 0 amide bonds. The van der Waals surface area contributed by atoms with Crippen molar-refractivity contribution in [2.45, 2.75) is 33.2 Å². The monoisotopic (exact) mass is 283 g/mol. The highest BCUT2D eigenvalue weighted by Crippen LogP contribution is 2.21. The Morgan fingerprint density at radius 3 is 2.57 bits per heavy atom. The van der Waals surface area contributed by atoms with Crippen LogP contribution in [-0.4, -0.2) is 13.7 Å². The molecule has 0 bridgehead atoms. The fourth-order valence-electron chi connectivity index (χ4n) is 2.58. The zero-order valence-corrected chi connectivity index (χ0v) is 13.4. The van der Waals surface area contributed by atoms with Gasteiger partial charge in [-0.15, -0.1) is 0 Å². The summed E-state index contributed by atoms with van der Waals surface area (Å²) < 4.78 is 5.98. The minimum Gasteiger partial charge on any atom is -0.492 e. The van der Waals surface area contributed by atoms with Gasteiger partial charge in [-0.05, 0) is 56.1 Å². The van der Waals surface area contributed by atoms with Crippen LogP contribution in [-0.2, 0) is 6.42 Å². The fraction of sp³-hybridized carbons (Fsp3) is 0.368. The number of hydrogen-bond donors (Lipinski definition) is 1. The van der Waals surface area contributed by atoms with E-state index in [4.69, 9.17) is 4.74 Å². The third-order valence-corrected chi connectivity index (χ3v) is 3.87. The van der Waals surface area contributed by atoms with E-state index in [1.807, 2.05) is 13.1 Å². The van der Waals surface area contributed by atoms with Crippen molar-refractivity contribution in [2.75, 3.05) is 13.7 Å². The second-order valence-electron chi connectivity index (χ2n) is 5.51. The molecule has 0 aliphatic rings. The molecule has 0 saturated heterocycles. The first-order chi connectivity index (χ1) is 10.1. The van der Waals surface area contributed by atoms with Crippen LogP contribution < -0.4 is 10.1 Å². The van der Waals surface area contributed by atoms with E-state index in [9.17, 15) is 0 Å². The number of ether oxygens (including phenoxy) is 1. The van der Waals surface area contributed by atoms with Crippen LogP contribution in [0, 0.1) is 13.8 Å². The topological polar surface area (TPSA) is 21.3 Å². The normalized spacial score (nSPS) is 12.2. The summed E-state index contributed by atoms with van der Waals surface area (Å²) in [7, 11) is 1.98. The molecule has 0 radical (unpaired) electrons. The Hall–Kier alpha value is -1.80. The van der Waals surface area contributed by atoms with Crippen molar-refractivity contribution in [3.63, 3.8) is 0 Å². The van der Waals surface area contributed by atoms with Gasteiger partial charge < -0.3 is 10.1 Å². The largest absolute Gasteiger partial charge is 0.492 e. The Labute approximate surface area is 128 Å². The molecule has 1 atom stereocenters. The average molecular weight is 283 g/mol. The number of nitrogens with one attached hydrogen (secondary N) is 1. The first-order valence-corrected chi connectivity index (χ1v) is 7.60. The highest BCUT2D eigenvalue weighted by molar-refractivity contribution is 5.33. The van der Waals surface area contributed by atoms with Gasteiger partial charge in [0.25, 0.3) is 0 Å². The van der Waals surface area contributed by atoms with Gasteiger partial charge in [0.05, 0.1) is 6.04 Å². The molecule has 0 saturated carbocycles. The molecule has 2 nitrogen and oxygen atoms in total. The lowest BCUT2D eigenvalue weighted by molar-refractivity contribution is 0.272. The van der Waals surface area contributed by atoms with Crippen molar-refractivity contribution in [3.8, 4) is 5.75 Å². The summed E-state index contributed by atoms with van der Waals surface area (Å²) in [5, 5.41) is 3.35. The summed E-state index contributed by atoms with van der Waals surface area (Å²) in [4.78, 5) is 0. The third-order valence-electron chi connectivity index (χ3n) is 3.87. The van der Waals surface area contributed by atoms with Gasteiger partial charge >= 0.3 is 0 Å². The number of rotatable bonds is 6. The molecule has 2 rings (SSSR count).